The van der Waals surface area contributed by atoms with Crippen molar-refractivity contribution in [2.45, 2.75) is 25.8 Å². The van der Waals surface area contributed by atoms with Gasteiger partial charge in [0.25, 0.3) is 0 Å². The molecule has 0 radical (unpaired) electrons. The maximum absolute atomic E-state index is 3.53. The van der Waals surface area contributed by atoms with Gasteiger partial charge in [0.05, 0.1) is 0 Å². The third-order valence-electron chi connectivity index (χ3n) is 1.89. The largest absolute Gasteiger partial charge is 0.313 e. The van der Waals surface area contributed by atoms with Gasteiger partial charge in [0.15, 0.2) is 0 Å². The zero-order valence-corrected chi connectivity index (χ0v) is 7.99. The molecule has 1 nitrogen and oxygen atoms in total. The van der Waals surface area contributed by atoms with Gasteiger partial charge in [-0.05, 0) is 18.6 Å². The van der Waals surface area contributed by atoms with Gasteiger partial charge in [0.2, 0.25) is 0 Å². The molecule has 0 unspecified atom stereocenters. The van der Waals surface area contributed by atoms with Crippen LogP contribution in [0.5, 0.6) is 0 Å². The molecule has 0 fully saturated rings. The molecule has 0 bridgehead atoms. The van der Waals surface area contributed by atoms with Crippen LogP contribution in [0.2, 0.25) is 0 Å². The molecule has 64 valence electrons. The lowest BCUT2D eigenvalue weighted by Crippen LogP contribution is -2.28. The number of rotatable bonds is 5. The van der Waals surface area contributed by atoms with Crippen molar-refractivity contribution >= 4 is 11.8 Å². The summed E-state index contributed by atoms with van der Waals surface area (Å²) in [5.41, 5.74) is 0. The summed E-state index contributed by atoms with van der Waals surface area (Å²) < 4.78 is 0. The second kappa shape index (κ2) is 5.67. The van der Waals surface area contributed by atoms with Crippen molar-refractivity contribution in [3.8, 4) is 0 Å². The van der Waals surface area contributed by atoms with E-state index in [0.29, 0.717) is 0 Å². The van der Waals surface area contributed by atoms with Crippen LogP contribution in [-0.2, 0) is 0 Å². The van der Waals surface area contributed by atoms with Crippen molar-refractivity contribution < 1.29 is 0 Å². The Kier molecular flexibility index (Phi) is 4.71. The van der Waals surface area contributed by atoms with E-state index in [0.717, 1.165) is 6.04 Å². The van der Waals surface area contributed by atoms with Crippen LogP contribution in [-0.4, -0.2) is 24.1 Å². The molecule has 0 spiro atoms. The van der Waals surface area contributed by atoms with Crippen molar-refractivity contribution in [2.75, 3.05) is 18.1 Å². The molecular formula is C9H17NS. The van der Waals surface area contributed by atoms with E-state index in [-0.39, 0.29) is 0 Å². The molecule has 2 heteroatoms. The van der Waals surface area contributed by atoms with E-state index in [9.17, 15) is 0 Å². The van der Waals surface area contributed by atoms with Gasteiger partial charge in [-0.25, -0.2) is 0 Å². The third-order valence-corrected chi connectivity index (χ3v) is 2.79. The summed E-state index contributed by atoms with van der Waals surface area (Å²) in [7, 11) is 0. The smallest absolute Gasteiger partial charge is 0.0136 e. The van der Waals surface area contributed by atoms with Crippen molar-refractivity contribution in [1.82, 2.24) is 5.32 Å². The van der Waals surface area contributed by atoms with E-state index in [1.807, 2.05) is 11.8 Å². The van der Waals surface area contributed by atoms with Gasteiger partial charge in [-0.2, -0.15) is 11.8 Å². The predicted octanol–water partition coefficient (Wildman–Crippen LogP) is 2.05. The highest BCUT2D eigenvalue weighted by Gasteiger charge is 2.07. The molecule has 0 aliphatic heterocycles. The minimum atomic E-state index is 0.743. The quantitative estimate of drug-likeness (QED) is 0.502. The maximum atomic E-state index is 3.53. The molecule has 0 saturated heterocycles. The first-order valence-electron chi connectivity index (χ1n) is 4.39. The van der Waals surface area contributed by atoms with Crippen LogP contribution in [0, 0.1) is 0 Å². The average Bonchev–Trinajstić information content (AvgIpc) is 2.50. The first-order chi connectivity index (χ1) is 5.43. The first-order valence-corrected chi connectivity index (χ1v) is 5.55. The number of hydrogen-bond acceptors (Lipinski definition) is 2. The Balaban J connectivity index is 1.87. The van der Waals surface area contributed by atoms with Crippen molar-refractivity contribution in [3.63, 3.8) is 0 Å². The van der Waals surface area contributed by atoms with Crippen LogP contribution in [0.1, 0.15) is 19.8 Å². The highest BCUT2D eigenvalue weighted by molar-refractivity contribution is 7.99. The summed E-state index contributed by atoms with van der Waals surface area (Å²) in [6.07, 6.45) is 7.00. The zero-order valence-electron chi connectivity index (χ0n) is 7.18. The summed E-state index contributed by atoms with van der Waals surface area (Å²) in [5, 5.41) is 3.53. The number of hydrogen-bond donors (Lipinski definition) is 1. The number of nitrogens with one attached hydrogen (secondary N) is 1. The molecule has 0 aromatic heterocycles. The lowest BCUT2D eigenvalue weighted by Gasteiger charge is -2.10. The summed E-state index contributed by atoms with van der Waals surface area (Å²) >= 11 is 2.01. The molecular weight excluding hydrogens is 154 g/mol. The number of thioether (sulfide) groups is 1. The fourth-order valence-corrected chi connectivity index (χ4v) is 1.81. The topological polar surface area (TPSA) is 12.0 Å². The Hall–Kier alpha value is 0.0500. The molecule has 0 aromatic carbocycles. The minimum Gasteiger partial charge on any atom is -0.313 e. The van der Waals surface area contributed by atoms with Crippen LogP contribution in [0.15, 0.2) is 12.2 Å². The van der Waals surface area contributed by atoms with Crippen LogP contribution >= 0.6 is 11.8 Å². The maximum Gasteiger partial charge on any atom is 0.0136 e. The van der Waals surface area contributed by atoms with Gasteiger partial charge in [-0.15, -0.1) is 0 Å². The van der Waals surface area contributed by atoms with Crippen LogP contribution < -0.4 is 5.32 Å². The fourth-order valence-electron chi connectivity index (χ4n) is 1.26. The Morgan fingerprint density at radius 3 is 2.82 bits per heavy atom. The summed E-state index contributed by atoms with van der Waals surface area (Å²) in [6.45, 7) is 3.38. The van der Waals surface area contributed by atoms with Gasteiger partial charge in [0.1, 0.15) is 0 Å². The van der Waals surface area contributed by atoms with E-state index in [1.54, 1.807) is 0 Å². The van der Waals surface area contributed by atoms with Gasteiger partial charge >= 0.3 is 0 Å². The molecule has 1 rings (SSSR count). The Morgan fingerprint density at radius 2 is 2.18 bits per heavy atom. The van der Waals surface area contributed by atoms with E-state index in [1.165, 1.54) is 30.9 Å². The third kappa shape index (κ3) is 3.82. The van der Waals surface area contributed by atoms with Crippen LogP contribution in [0.25, 0.3) is 0 Å². The van der Waals surface area contributed by atoms with Crippen molar-refractivity contribution in [3.05, 3.63) is 12.2 Å². The molecule has 0 amide bonds. The monoisotopic (exact) mass is 171 g/mol. The first kappa shape index (κ1) is 9.14. The van der Waals surface area contributed by atoms with Crippen molar-refractivity contribution in [2.24, 2.45) is 0 Å². The van der Waals surface area contributed by atoms with E-state index < -0.39 is 0 Å². The SMILES string of the molecule is CCSCCNC1CC=CC1. The summed E-state index contributed by atoms with van der Waals surface area (Å²) in [6, 6.07) is 0.743. The Morgan fingerprint density at radius 1 is 1.45 bits per heavy atom. The molecule has 11 heavy (non-hydrogen) atoms. The lowest BCUT2D eigenvalue weighted by molar-refractivity contribution is 0.560. The van der Waals surface area contributed by atoms with Crippen LogP contribution in [0.4, 0.5) is 0 Å². The van der Waals surface area contributed by atoms with Crippen LogP contribution in [0.3, 0.4) is 0 Å². The van der Waals surface area contributed by atoms with Gasteiger partial charge < -0.3 is 5.32 Å². The lowest BCUT2D eigenvalue weighted by atomic mass is 10.2. The predicted molar refractivity (Wildman–Crippen MR) is 53.2 cm³/mol. The highest BCUT2D eigenvalue weighted by atomic mass is 32.2. The summed E-state index contributed by atoms with van der Waals surface area (Å²) in [4.78, 5) is 0. The van der Waals surface area contributed by atoms with Gasteiger partial charge in [-0.1, -0.05) is 19.1 Å². The molecule has 0 aromatic rings. The fraction of sp³-hybridized carbons (Fsp3) is 0.778. The molecule has 0 heterocycles. The van der Waals surface area contributed by atoms with E-state index in [4.69, 9.17) is 0 Å². The molecule has 1 aliphatic carbocycles. The molecule has 0 saturated carbocycles. The highest BCUT2D eigenvalue weighted by Crippen LogP contribution is 2.08. The summed E-state index contributed by atoms with van der Waals surface area (Å²) in [5.74, 6) is 2.50. The normalized spacial score (nSPS) is 17.9. The van der Waals surface area contributed by atoms with Gasteiger partial charge in [-0.3, -0.25) is 0 Å². The average molecular weight is 171 g/mol. The van der Waals surface area contributed by atoms with Gasteiger partial charge in [0, 0.05) is 18.3 Å². The van der Waals surface area contributed by atoms with Crippen molar-refractivity contribution in [1.29, 1.82) is 0 Å². The Bertz CT molecular complexity index is 115. The Labute approximate surface area is 73.6 Å². The molecule has 1 N–H and O–H groups in total. The van der Waals surface area contributed by atoms with E-state index >= 15 is 0 Å². The molecule has 1 aliphatic rings. The zero-order chi connectivity index (χ0) is 7.94. The standard InChI is InChI=1S/C9H17NS/c1-2-11-8-7-10-9-5-3-4-6-9/h3-4,9-10H,2,5-8H2,1H3. The second-order valence-electron chi connectivity index (χ2n) is 2.79. The molecule has 0 atom stereocenters. The minimum absolute atomic E-state index is 0.743. The second-order valence-corrected chi connectivity index (χ2v) is 4.18. The van der Waals surface area contributed by atoms with E-state index in [2.05, 4.69) is 24.4 Å².